The molecule has 0 bridgehead atoms. The molecule has 2 saturated heterocycles. The molecule has 0 aromatic carbocycles. The van der Waals surface area contributed by atoms with Crippen molar-refractivity contribution in [1.29, 1.82) is 0 Å². The summed E-state index contributed by atoms with van der Waals surface area (Å²) in [4.78, 5) is 15.9. The molecule has 2 fully saturated rings. The van der Waals surface area contributed by atoms with E-state index < -0.39 is 6.29 Å². The number of piperazine rings is 1. The largest absolute Gasteiger partial charge is 0.328 e. The van der Waals surface area contributed by atoms with E-state index in [1.54, 1.807) is 0 Å². The highest BCUT2D eigenvalue weighted by Gasteiger charge is 2.29. The first-order valence-electron chi connectivity index (χ1n) is 5.39. The predicted octanol–water partition coefficient (Wildman–Crippen LogP) is -2.09. The van der Waals surface area contributed by atoms with Gasteiger partial charge in [-0.25, -0.2) is 0 Å². The molecule has 2 unspecified atom stereocenters. The van der Waals surface area contributed by atoms with Gasteiger partial charge in [-0.05, 0) is 7.05 Å². The van der Waals surface area contributed by atoms with Crippen LogP contribution >= 0.6 is 0 Å². The quantitative estimate of drug-likeness (QED) is 0.466. The van der Waals surface area contributed by atoms with Crippen molar-refractivity contribution in [3.63, 3.8) is 0 Å². The van der Waals surface area contributed by atoms with Gasteiger partial charge in [0.25, 0.3) is 0 Å². The Bertz CT molecular complexity index is 239. The van der Waals surface area contributed by atoms with E-state index in [0.717, 1.165) is 26.2 Å². The lowest BCUT2D eigenvalue weighted by Crippen LogP contribution is -2.66. The van der Waals surface area contributed by atoms with Crippen molar-refractivity contribution < 1.29 is 4.79 Å². The van der Waals surface area contributed by atoms with E-state index in [-0.39, 0.29) is 12.1 Å². The summed E-state index contributed by atoms with van der Waals surface area (Å²) in [6, 6.07) is 0. The number of nitrogens with one attached hydrogen (secondary N) is 2. The lowest BCUT2D eigenvalue weighted by atomic mass is 10.2. The maximum Gasteiger partial charge on any atom is 0.225 e. The van der Waals surface area contributed by atoms with Crippen LogP contribution in [0, 0.1) is 0 Å². The normalized spacial score (nSPS) is 35.2. The second kappa shape index (κ2) is 4.44. The topological polar surface area (TPSA) is 73.6 Å². The van der Waals surface area contributed by atoms with Crippen molar-refractivity contribution in [2.75, 3.05) is 33.2 Å². The van der Waals surface area contributed by atoms with E-state index in [1.807, 2.05) is 0 Å². The number of hydrogen-bond acceptors (Lipinski definition) is 5. The van der Waals surface area contributed by atoms with Gasteiger partial charge in [0.1, 0.15) is 6.29 Å². The highest BCUT2D eigenvalue weighted by Crippen LogP contribution is 2.08. The zero-order valence-corrected chi connectivity index (χ0v) is 9.07. The Morgan fingerprint density at radius 1 is 1.33 bits per heavy atom. The molecular weight excluding hydrogens is 194 g/mol. The van der Waals surface area contributed by atoms with Gasteiger partial charge >= 0.3 is 0 Å². The SMILES string of the molecule is CN1CCN(C2CC(=O)NC(N)N2)CC1. The van der Waals surface area contributed by atoms with E-state index in [1.165, 1.54) is 0 Å². The molecule has 0 aromatic rings. The molecule has 6 heteroatoms. The average Bonchev–Trinajstić information content (AvgIpc) is 2.17. The van der Waals surface area contributed by atoms with E-state index >= 15 is 0 Å². The number of hydrogen-bond donors (Lipinski definition) is 3. The number of carbonyl (C=O) groups excluding carboxylic acids is 1. The van der Waals surface area contributed by atoms with Gasteiger partial charge in [0.05, 0.1) is 12.6 Å². The maximum absolute atomic E-state index is 11.3. The third kappa shape index (κ3) is 2.66. The fourth-order valence-corrected chi connectivity index (χ4v) is 2.08. The molecule has 0 saturated carbocycles. The molecule has 2 atom stereocenters. The van der Waals surface area contributed by atoms with Crippen molar-refractivity contribution in [3.05, 3.63) is 0 Å². The number of amides is 1. The Morgan fingerprint density at radius 3 is 2.60 bits per heavy atom. The minimum Gasteiger partial charge on any atom is -0.328 e. The van der Waals surface area contributed by atoms with Crippen LogP contribution in [0.1, 0.15) is 6.42 Å². The van der Waals surface area contributed by atoms with Gasteiger partial charge in [0, 0.05) is 26.2 Å². The van der Waals surface area contributed by atoms with Crippen molar-refractivity contribution in [2.24, 2.45) is 5.73 Å². The Labute approximate surface area is 89.8 Å². The molecular formula is C9H19N5O. The summed E-state index contributed by atoms with van der Waals surface area (Å²) in [7, 11) is 2.12. The van der Waals surface area contributed by atoms with Crippen molar-refractivity contribution in [3.8, 4) is 0 Å². The summed E-state index contributed by atoms with van der Waals surface area (Å²) < 4.78 is 0. The Hall–Kier alpha value is -0.690. The Kier molecular flexibility index (Phi) is 3.20. The van der Waals surface area contributed by atoms with Crippen LogP contribution in [0.4, 0.5) is 0 Å². The van der Waals surface area contributed by atoms with Gasteiger partial charge < -0.3 is 10.2 Å². The maximum atomic E-state index is 11.3. The Balaban J connectivity index is 1.89. The number of nitrogens with zero attached hydrogens (tertiary/aromatic N) is 2. The molecule has 86 valence electrons. The van der Waals surface area contributed by atoms with Crippen LogP contribution in [0.3, 0.4) is 0 Å². The van der Waals surface area contributed by atoms with E-state index in [2.05, 4.69) is 27.5 Å². The molecule has 2 aliphatic rings. The second-order valence-corrected chi connectivity index (χ2v) is 4.27. The molecule has 0 aromatic heterocycles. The van der Waals surface area contributed by atoms with Crippen molar-refractivity contribution in [2.45, 2.75) is 18.9 Å². The molecule has 0 aliphatic carbocycles. The zero-order chi connectivity index (χ0) is 10.8. The third-order valence-electron chi connectivity index (χ3n) is 3.05. The standard InChI is InChI=1S/C9H19N5O/c1-13-2-4-14(5-3-13)7-6-8(15)12-9(10)11-7/h7,9,11H,2-6,10H2,1H3,(H,12,15). The van der Waals surface area contributed by atoms with Crippen LogP contribution < -0.4 is 16.4 Å². The summed E-state index contributed by atoms with van der Waals surface area (Å²) >= 11 is 0. The first-order chi connectivity index (χ1) is 7.15. The highest BCUT2D eigenvalue weighted by atomic mass is 16.2. The molecule has 0 radical (unpaired) electrons. The summed E-state index contributed by atoms with van der Waals surface area (Å²) in [6.07, 6.45) is 0.190. The van der Waals surface area contributed by atoms with Crippen LogP contribution in [0.25, 0.3) is 0 Å². The fraction of sp³-hybridized carbons (Fsp3) is 0.889. The second-order valence-electron chi connectivity index (χ2n) is 4.27. The molecule has 2 rings (SSSR count). The number of nitrogens with two attached hydrogens (primary N) is 1. The lowest BCUT2D eigenvalue weighted by Gasteiger charge is -2.41. The van der Waals surface area contributed by atoms with Crippen molar-refractivity contribution in [1.82, 2.24) is 20.4 Å². The van der Waals surface area contributed by atoms with Crippen LogP contribution in [0.2, 0.25) is 0 Å². The van der Waals surface area contributed by atoms with Crippen molar-refractivity contribution >= 4 is 5.91 Å². The Morgan fingerprint density at radius 2 is 2.00 bits per heavy atom. The van der Waals surface area contributed by atoms with E-state index in [9.17, 15) is 4.79 Å². The van der Waals surface area contributed by atoms with Gasteiger partial charge in [-0.15, -0.1) is 0 Å². The minimum absolute atomic E-state index is 0.0326. The molecule has 6 nitrogen and oxygen atoms in total. The van der Waals surface area contributed by atoms with E-state index in [4.69, 9.17) is 5.73 Å². The summed E-state index contributed by atoms with van der Waals surface area (Å²) in [5.41, 5.74) is 5.67. The molecule has 2 aliphatic heterocycles. The summed E-state index contributed by atoms with van der Waals surface area (Å²) in [6.45, 7) is 4.09. The minimum atomic E-state index is -0.407. The van der Waals surface area contributed by atoms with Crippen LogP contribution in [-0.4, -0.2) is 61.4 Å². The average molecular weight is 213 g/mol. The van der Waals surface area contributed by atoms with Crippen LogP contribution in [0.15, 0.2) is 0 Å². The number of carbonyl (C=O) groups is 1. The highest BCUT2D eigenvalue weighted by molar-refractivity contribution is 5.77. The van der Waals surface area contributed by atoms with Gasteiger partial charge in [-0.3, -0.25) is 20.7 Å². The smallest absolute Gasteiger partial charge is 0.225 e. The molecule has 1 amide bonds. The zero-order valence-electron chi connectivity index (χ0n) is 9.07. The monoisotopic (exact) mass is 213 g/mol. The van der Waals surface area contributed by atoms with Crippen LogP contribution in [0.5, 0.6) is 0 Å². The first kappa shape index (κ1) is 10.8. The summed E-state index contributed by atoms with van der Waals surface area (Å²) in [5, 5.41) is 5.83. The first-order valence-corrected chi connectivity index (χ1v) is 5.39. The fourth-order valence-electron chi connectivity index (χ4n) is 2.08. The van der Waals surface area contributed by atoms with E-state index in [0.29, 0.717) is 6.42 Å². The van der Waals surface area contributed by atoms with Gasteiger partial charge in [0.15, 0.2) is 0 Å². The van der Waals surface area contributed by atoms with Crippen LogP contribution in [-0.2, 0) is 4.79 Å². The molecule has 0 spiro atoms. The predicted molar refractivity (Wildman–Crippen MR) is 56.7 cm³/mol. The molecule has 4 N–H and O–H groups in total. The molecule has 15 heavy (non-hydrogen) atoms. The summed E-state index contributed by atoms with van der Waals surface area (Å²) in [5.74, 6) is 0.0326. The third-order valence-corrected chi connectivity index (χ3v) is 3.05. The molecule has 2 heterocycles. The van der Waals surface area contributed by atoms with Gasteiger partial charge in [0.2, 0.25) is 5.91 Å². The number of rotatable bonds is 1. The van der Waals surface area contributed by atoms with Gasteiger partial charge in [-0.2, -0.15) is 0 Å². The van der Waals surface area contributed by atoms with Gasteiger partial charge in [-0.1, -0.05) is 0 Å². The lowest BCUT2D eigenvalue weighted by molar-refractivity contribution is -0.126. The number of likely N-dealkylation sites (N-methyl/N-ethyl adjacent to an activating group) is 1.